The second-order valence-electron chi connectivity index (χ2n) is 10.0. The van der Waals surface area contributed by atoms with Crippen LogP contribution in [0.25, 0.3) is 0 Å². The maximum Gasteiger partial charge on any atom is 0.307 e. The van der Waals surface area contributed by atoms with Crippen molar-refractivity contribution in [1.82, 2.24) is 0 Å². The summed E-state index contributed by atoms with van der Waals surface area (Å²) in [4.78, 5) is 71.5. The third-order valence-corrected chi connectivity index (χ3v) is 7.23. The summed E-state index contributed by atoms with van der Waals surface area (Å²) in [6, 6.07) is 0. The van der Waals surface area contributed by atoms with Crippen LogP contribution in [0.1, 0.15) is 25.7 Å². The first kappa shape index (κ1) is 30.6. The van der Waals surface area contributed by atoms with Crippen molar-refractivity contribution >= 4 is 35.8 Å². The van der Waals surface area contributed by atoms with Gasteiger partial charge >= 0.3 is 35.8 Å². The van der Waals surface area contributed by atoms with Crippen LogP contribution in [0, 0.1) is 11.8 Å². The monoisotopic (exact) mass is 590 g/mol. The summed E-state index contributed by atoms with van der Waals surface area (Å²) in [6.07, 6.45) is -9.39. The topological polar surface area (TPSA) is 248 Å². The first-order valence-electron chi connectivity index (χ1n) is 12.8. The predicted molar refractivity (Wildman–Crippen MR) is 123 cm³/mol. The van der Waals surface area contributed by atoms with E-state index >= 15 is 0 Å². The summed E-state index contributed by atoms with van der Waals surface area (Å²) in [5.41, 5.74) is 0. The molecule has 4 aliphatic heterocycles. The highest BCUT2D eigenvalue weighted by Crippen LogP contribution is 2.33. The highest BCUT2D eigenvalue weighted by Gasteiger charge is 2.52. The molecule has 0 radical (unpaired) electrons. The number of ether oxygens (including phenoxy) is 7. The number of aliphatic hydroxyl groups excluding tert-OH is 1. The van der Waals surface area contributed by atoms with Gasteiger partial charge in [-0.1, -0.05) is 0 Å². The molecular weight excluding hydrogens is 560 g/mol. The van der Waals surface area contributed by atoms with Gasteiger partial charge in [-0.15, -0.1) is 0 Å². The SMILES string of the molecule is O=C(O)CCC(=O)O[C@@H]1CO[C@H]2[C@@H]1OC[C@@H]2OC(=O)CC(C(=O)O)C(CC(=O)O[C@@H]1CO[C@H]2[C@@H]1OC[C@@H]2O)C(=O)O. The van der Waals surface area contributed by atoms with Crippen molar-refractivity contribution in [2.75, 3.05) is 26.4 Å². The number of esters is 3. The molecule has 4 saturated heterocycles. The van der Waals surface area contributed by atoms with Gasteiger partial charge in [-0.2, -0.15) is 0 Å². The Balaban J connectivity index is 1.29. The third-order valence-electron chi connectivity index (χ3n) is 7.23. The van der Waals surface area contributed by atoms with Crippen molar-refractivity contribution in [3.8, 4) is 0 Å². The Morgan fingerprint density at radius 1 is 0.585 bits per heavy atom. The van der Waals surface area contributed by atoms with Gasteiger partial charge in [0.05, 0.1) is 63.9 Å². The lowest BCUT2D eigenvalue weighted by Gasteiger charge is -2.22. The predicted octanol–water partition coefficient (Wildman–Crippen LogP) is -2.28. The molecule has 0 aromatic heterocycles. The number of hydrogen-bond donors (Lipinski definition) is 4. The average Bonchev–Trinajstić information content (AvgIpc) is 3.66. The molecule has 0 saturated carbocycles. The van der Waals surface area contributed by atoms with E-state index in [1.807, 2.05) is 0 Å². The third kappa shape index (κ3) is 7.28. The average molecular weight is 590 g/mol. The number of rotatable bonds is 13. The number of carboxylic acid groups (broad SMARTS) is 3. The zero-order valence-electron chi connectivity index (χ0n) is 21.5. The van der Waals surface area contributed by atoms with Gasteiger partial charge in [0, 0.05) is 0 Å². The fraction of sp³-hybridized carbons (Fsp3) is 0.750. The zero-order chi connectivity index (χ0) is 29.8. The minimum absolute atomic E-state index is 0.0262. The highest BCUT2D eigenvalue weighted by atomic mass is 16.7. The zero-order valence-corrected chi connectivity index (χ0v) is 21.5. The van der Waals surface area contributed by atoms with Gasteiger partial charge in [0.25, 0.3) is 0 Å². The summed E-state index contributed by atoms with van der Waals surface area (Å²) in [5, 5.41) is 37.8. The van der Waals surface area contributed by atoms with Crippen molar-refractivity contribution in [2.45, 2.75) is 74.5 Å². The van der Waals surface area contributed by atoms with Crippen molar-refractivity contribution in [3.63, 3.8) is 0 Å². The quantitative estimate of drug-likeness (QED) is 0.130. The minimum atomic E-state index is -1.85. The molecule has 17 nitrogen and oxygen atoms in total. The molecule has 0 aromatic carbocycles. The molecule has 4 fully saturated rings. The molecule has 4 rings (SSSR count). The lowest BCUT2D eigenvalue weighted by atomic mass is 9.87. The number of aliphatic carboxylic acids is 3. The van der Waals surface area contributed by atoms with E-state index in [2.05, 4.69) is 0 Å². The second-order valence-corrected chi connectivity index (χ2v) is 10.0. The van der Waals surface area contributed by atoms with Crippen LogP contribution in [0.15, 0.2) is 0 Å². The van der Waals surface area contributed by atoms with Gasteiger partial charge in [-0.05, 0) is 0 Å². The summed E-state index contributed by atoms with van der Waals surface area (Å²) in [5.74, 6) is -11.1. The van der Waals surface area contributed by atoms with Gasteiger partial charge in [0.1, 0.15) is 30.5 Å². The molecule has 10 atom stereocenters. The van der Waals surface area contributed by atoms with Crippen molar-refractivity contribution in [2.24, 2.45) is 11.8 Å². The molecule has 4 N–H and O–H groups in total. The Kier molecular flexibility index (Phi) is 9.75. The highest BCUT2D eigenvalue weighted by molar-refractivity contribution is 5.87. The Morgan fingerprint density at radius 3 is 1.41 bits per heavy atom. The Bertz CT molecular complexity index is 1040. The van der Waals surface area contributed by atoms with E-state index in [-0.39, 0.29) is 32.8 Å². The first-order chi connectivity index (χ1) is 19.4. The van der Waals surface area contributed by atoms with Crippen LogP contribution in [0.4, 0.5) is 0 Å². The number of carbonyl (C=O) groups excluding carboxylic acids is 3. The van der Waals surface area contributed by atoms with Crippen LogP contribution in [0.5, 0.6) is 0 Å². The van der Waals surface area contributed by atoms with Gasteiger partial charge in [-0.25, -0.2) is 0 Å². The maximum atomic E-state index is 12.7. The number of carbonyl (C=O) groups is 6. The number of aliphatic hydroxyl groups is 1. The lowest BCUT2D eigenvalue weighted by Crippen LogP contribution is -2.39. The number of fused-ring (bicyclic) bond motifs is 2. The number of hydrogen-bond acceptors (Lipinski definition) is 14. The van der Waals surface area contributed by atoms with E-state index in [4.69, 9.17) is 38.3 Å². The number of carboxylic acids is 3. The minimum Gasteiger partial charge on any atom is -0.481 e. The Hall–Kier alpha value is -3.38. The smallest absolute Gasteiger partial charge is 0.307 e. The summed E-state index contributed by atoms with van der Waals surface area (Å²) in [6.45, 7) is -0.415. The van der Waals surface area contributed by atoms with Gasteiger partial charge < -0.3 is 53.6 Å². The Labute approximate surface area is 231 Å². The molecule has 41 heavy (non-hydrogen) atoms. The molecule has 0 aromatic rings. The molecular formula is C24H30O17. The van der Waals surface area contributed by atoms with E-state index < -0.39 is 116 Å². The summed E-state index contributed by atoms with van der Waals surface area (Å²) in [7, 11) is 0. The first-order valence-corrected chi connectivity index (χ1v) is 12.8. The molecule has 228 valence electrons. The summed E-state index contributed by atoms with van der Waals surface area (Å²) < 4.78 is 37.4. The molecule has 4 aliphatic rings. The van der Waals surface area contributed by atoms with E-state index in [1.54, 1.807) is 0 Å². The second kappa shape index (κ2) is 13.1. The van der Waals surface area contributed by atoms with Gasteiger partial charge in [0.15, 0.2) is 18.3 Å². The molecule has 4 heterocycles. The largest absolute Gasteiger partial charge is 0.481 e. The van der Waals surface area contributed by atoms with Crippen LogP contribution in [0.3, 0.4) is 0 Å². The molecule has 17 heteroatoms. The maximum absolute atomic E-state index is 12.7. The van der Waals surface area contributed by atoms with E-state index in [0.29, 0.717) is 0 Å². The van der Waals surface area contributed by atoms with Crippen LogP contribution in [-0.2, 0) is 61.9 Å². The lowest BCUT2D eigenvalue weighted by molar-refractivity contribution is -0.167. The fourth-order valence-corrected chi connectivity index (χ4v) is 5.21. The van der Waals surface area contributed by atoms with E-state index in [9.17, 15) is 44.1 Å². The van der Waals surface area contributed by atoms with E-state index in [1.165, 1.54) is 0 Å². The van der Waals surface area contributed by atoms with Gasteiger partial charge in [-0.3, -0.25) is 28.8 Å². The standard InChI is InChI=1S/C24H30O17/c25-11-5-35-20-12(6-36-19(11)20)40-17(29)3-9(23(31)32)10(24(33)34)4-18(30)41-14-8-38-21-13(7-37-22(14)21)39-16(28)2-1-15(26)27/h9-14,19-22,25H,1-8H2,(H,26,27)(H,31,32)(H,33,34)/t9?,10?,11-,12+,13+,14-,19+,20+,21+,22+/m0/s1. The normalized spacial score (nSPS) is 33.3. The molecule has 0 amide bonds. The van der Waals surface area contributed by atoms with Crippen LogP contribution in [-0.4, -0.2) is 132 Å². The molecule has 2 unspecified atom stereocenters. The van der Waals surface area contributed by atoms with Crippen LogP contribution >= 0.6 is 0 Å². The Morgan fingerprint density at radius 2 is 0.976 bits per heavy atom. The van der Waals surface area contributed by atoms with Crippen molar-refractivity contribution in [3.05, 3.63) is 0 Å². The van der Waals surface area contributed by atoms with Crippen LogP contribution < -0.4 is 0 Å². The molecule has 0 aliphatic carbocycles. The van der Waals surface area contributed by atoms with Crippen molar-refractivity contribution in [1.29, 1.82) is 0 Å². The van der Waals surface area contributed by atoms with Gasteiger partial charge in [0.2, 0.25) is 0 Å². The molecule has 0 bridgehead atoms. The fourth-order valence-electron chi connectivity index (χ4n) is 5.21. The van der Waals surface area contributed by atoms with Crippen LogP contribution in [0.2, 0.25) is 0 Å². The van der Waals surface area contributed by atoms with E-state index in [0.717, 1.165) is 0 Å². The van der Waals surface area contributed by atoms with Crippen molar-refractivity contribution < 1.29 is 82.4 Å². The molecule has 0 spiro atoms. The summed E-state index contributed by atoms with van der Waals surface area (Å²) >= 11 is 0.